The average molecular weight is 315 g/mol. The lowest BCUT2D eigenvalue weighted by Crippen LogP contribution is -2.37. The van der Waals surface area contributed by atoms with Gasteiger partial charge in [-0.15, -0.1) is 0 Å². The fourth-order valence-corrected chi connectivity index (χ4v) is 3.36. The van der Waals surface area contributed by atoms with Crippen LogP contribution in [-0.4, -0.2) is 35.3 Å². The molecule has 2 saturated heterocycles. The van der Waals surface area contributed by atoms with Crippen molar-refractivity contribution in [2.75, 3.05) is 11.9 Å². The molecule has 0 spiro atoms. The summed E-state index contributed by atoms with van der Waals surface area (Å²) in [5.41, 5.74) is 2.05. The second kappa shape index (κ2) is 7.13. The Bertz CT molecular complexity index is 570. The number of anilines is 1. The van der Waals surface area contributed by atoms with Gasteiger partial charge in [-0.25, -0.2) is 0 Å². The summed E-state index contributed by atoms with van der Waals surface area (Å²) >= 11 is 0. The quantitative estimate of drug-likeness (QED) is 0.896. The molecule has 2 aliphatic rings. The molecule has 2 heterocycles. The molecule has 23 heavy (non-hydrogen) atoms. The Morgan fingerprint density at radius 2 is 2.04 bits per heavy atom. The fourth-order valence-electron chi connectivity index (χ4n) is 3.36. The zero-order valence-electron chi connectivity index (χ0n) is 13.7. The second-order valence-corrected chi connectivity index (χ2v) is 6.66. The third-order valence-electron chi connectivity index (χ3n) is 4.86. The van der Waals surface area contributed by atoms with Gasteiger partial charge < -0.3 is 10.6 Å². The van der Waals surface area contributed by atoms with E-state index in [0.717, 1.165) is 12.2 Å². The molecule has 2 N–H and O–H groups in total. The standard InChI is InChI=1S/C18H25N3O2/c1-13-4-2-3-11-21(13)12-14-5-7-15(8-6-14)19-18(23)16-9-10-17(22)20-16/h5-8,13,16H,2-4,9-12H2,1H3,(H,19,23)(H,20,22)/t13-,16-/m0/s1. The van der Waals surface area contributed by atoms with Crippen LogP contribution in [-0.2, 0) is 16.1 Å². The Kier molecular flexibility index (Phi) is 4.96. The number of piperidine rings is 1. The van der Waals surface area contributed by atoms with Gasteiger partial charge in [0.25, 0.3) is 0 Å². The second-order valence-electron chi connectivity index (χ2n) is 6.66. The van der Waals surface area contributed by atoms with Gasteiger partial charge in [0.15, 0.2) is 0 Å². The number of rotatable bonds is 4. The molecule has 3 rings (SSSR count). The van der Waals surface area contributed by atoms with Crippen molar-refractivity contribution in [1.82, 2.24) is 10.2 Å². The number of carbonyl (C=O) groups excluding carboxylic acids is 2. The first-order chi connectivity index (χ1) is 11.1. The topological polar surface area (TPSA) is 61.4 Å². The van der Waals surface area contributed by atoms with Crippen LogP contribution in [0, 0.1) is 0 Å². The van der Waals surface area contributed by atoms with Crippen LogP contribution in [0.15, 0.2) is 24.3 Å². The fraction of sp³-hybridized carbons (Fsp3) is 0.556. The van der Waals surface area contributed by atoms with Gasteiger partial charge in [-0.1, -0.05) is 18.6 Å². The van der Waals surface area contributed by atoms with Gasteiger partial charge in [0.2, 0.25) is 11.8 Å². The largest absolute Gasteiger partial charge is 0.344 e. The van der Waals surface area contributed by atoms with Crippen LogP contribution in [0.1, 0.15) is 44.6 Å². The van der Waals surface area contributed by atoms with Crippen molar-refractivity contribution in [2.24, 2.45) is 0 Å². The van der Waals surface area contributed by atoms with Gasteiger partial charge in [-0.3, -0.25) is 14.5 Å². The van der Waals surface area contributed by atoms with Gasteiger partial charge in [0, 0.05) is 24.7 Å². The van der Waals surface area contributed by atoms with E-state index in [1.54, 1.807) is 0 Å². The van der Waals surface area contributed by atoms with E-state index < -0.39 is 6.04 Å². The van der Waals surface area contributed by atoms with Crippen molar-refractivity contribution in [3.8, 4) is 0 Å². The molecule has 1 aromatic carbocycles. The molecule has 0 aromatic heterocycles. The van der Waals surface area contributed by atoms with Crippen LogP contribution < -0.4 is 10.6 Å². The van der Waals surface area contributed by atoms with Crippen LogP contribution >= 0.6 is 0 Å². The van der Waals surface area contributed by atoms with Crippen LogP contribution in [0.25, 0.3) is 0 Å². The zero-order chi connectivity index (χ0) is 16.2. The molecule has 1 aromatic rings. The molecule has 0 saturated carbocycles. The smallest absolute Gasteiger partial charge is 0.246 e. The molecule has 5 heteroatoms. The molecule has 0 unspecified atom stereocenters. The highest BCUT2D eigenvalue weighted by atomic mass is 16.2. The predicted octanol–water partition coefficient (Wildman–Crippen LogP) is 2.28. The van der Waals surface area contributed by atoms with Gasteiger partial charge >= 0.3 is 0 Å². The Hall–Kier alpha value is -1.88. The minimum atomic E-state index is -0.392. The highest BCUT2D eigenvalue weighted by Crippen LogP contribution is 2.20. The molecule has 2 aliphatic heterocycles. The summed E-state index contributed by atoms with van der Waals surface area (Å²) in [6, 6.07) is 8.29. The lowest BCUT2D eigenvalue weighted by molar-refractivity contribution is -0.122. The molecule has 0 aliphatic carbocycles. The van der Waals surface area contributed by atoms with Crippen molar-refractivity contribution in [1.29, 1.82) is 0 Å². The first-order valence-electron chi connectivity index (χ1n) is 8.55. The molecule has 2 amide bonds. The monoisotopic (exact) mass is 315 g/mol. The SMILES string of the molecule is C[C@H]1CCCCN1Cc1ccc(NC(=O)[C@@H]2CCC(=O)N2)cc1. The molecular formula is C18H25N3O2. The van der Waals surface area contributed by atoms with E-state index in [-0.39, 0.29) is 11.8 Å². The summed E-state index contributed by atoms with van der Waals surface area (Å²) in [5, 5.41) is 5.56. The Balaban J connectivity index is 1.54. The van der Waals surface area contributed by atoms with E-state index in [0.29, 0.717) is 18.9 Å². The summed E-state index contributed by atoms with van der Waals surface area (Å²) in [7, 11) is 0. The van der Waals surface area contributed by atoms with Gasteiger partial charge in [0.1, 0.15) is 6.04 Å². The predicted molar refractivity (Wildman–Crippen MR) is 90.0 cm³/mol. The van der Waals surface area contributed by atoms with Crippen LogP contribution in [0.2, 0.25) is 0 Å². The maximum absolute atomic E-state index is 12.1. The van der Waals surface area contributed by atoms with Crippen molar-refractivity contribution in [3.05, 3.63) is 29.8 Å². The van der Waals surface area contributed by atoms with E-state index in [2.05, 4.69) is 34.6 Å². The van der Waals surface area contributed by atoms with E-state index >= 15 is 0 Å². The number of carbonyl (C=O) groups is 2. The molecule has 2 fully saturated rings. The minimum absolute atomic E-state index is 0.0452. The molecule has 124 valence electrons. The number of nitrogens with one attached hydrogen (secondary N) is 2. The van der Waals surface area contributed by atoms with Gasteiger partial charge in [-0.2, -0.15) is 0 Å². The number of hydrogen-bond donors (Lipinski definition) is 2. The molecule has 5 nitrogen and oxygen atoms in total. The number of hydrogen-bond acceptors (Lipinski definition) is 3. The maximum atomic E-state index is 12.1. The summed E-state index contributed by atoms with van der Waals surface area (Å²) in [4.78, 5) is 25.8. The van der Waals surface area contributed by atoms with Crippen molar-refractivity contribution in [3.63, 3.8) is 0 Å². The molecule has 0 radical (unpaired) electrons. The third-order valence-corrected chi connectivity index (χ3v) is 4.86. The summed E-state index contributed by atoms with van der Waals surface area (Å²) < 4.78 is 0. The minimum Gasteiger partial charge on any atom is -0.344 e. The number of likely N-dealkylation sites (tertiary alicyclic amines) is 1. The Labute approximate surface area is 137 Å². The van der Waals surface area contributed by atoms with Crippen LogP contribution in [0.3, 0.4) is 0 Å². The number of benzene rings is 1. The summed E-state index contributed by atoms with van der Waals surface area (Å²) in [5.74, 6) is -0.176. The molecule has 0 bridgehead atoms. The first-order valence-corrected chi connectivity index (χ1v) is 8.55. The molecular weight excluding hydrogens is 290 g/mol. The Morgan fingerprint density at radius 1 is 1.26 bits per heavy atom. The number of nitrogens with zero attached hydrogens (tertiary/aromatic N) is 1. The normalized spacial score (nSPS) is 25.2. The maximum Gasteiger partial charge on any atom is 0.246 e. The Morgan fingerprint density at radius 3 is 2.70 bits per heavy atom. The van der Waals surface area contributed by atoms with Crippen molar-refractivity contribution in [2.45, 2.75) is 57.7 Å². The van der Waals surface area contributed by atoms with Gasteiger partial charge in [0.05, 0.1) is 0 Å². The highest BCUT2D eigenvalue weighted by Gasteiger charge is 2.27. The van der Waals surface area contributed by atoms with Crippen LogP contribution in [0.4, 0.5) is 5.69 Å². The van der Waals surface area contributed by atoms with E-state index in [4.69, 9.17) is 0 Å². The average Bonchev–Trinajstić information content (AvgIpc) is 2.98. The summed E-state index contributed by atoms with van der Waals surface area (Å²) in [6.45, 7) is 4.43. The van der Waals surface area contributed by atoms with Gasteiger partial charge in [-0.05, 0) is 50.4 Å². The first kappa shape index (κ1) is 16.0. The van der Waals surface area contributed by atoms with Crippen LogP contribution in [0.5, 0.6) is 0 Å². The highest BCUT2D eigenvalue weighted by molar-refractivity contribution is 5.98. The lowest BCUT2D eigenvalue weighted by atomic mass is 10.0. The number of amides is 2. The van der Waals surface area contributed by atoms with Crippen molar-refractivity contribution >= 4 is 17.5 Å². The summed E-state index contributed by atoms with van der Waals surface area (Å²) in [6.07, 6.45) is 4.91. The van der Waals surface area contributed by atoms with Crippen molar-refractivity contribution < 1.29 is 9.59 Å². The van der Waals surface area contributed by atoms with E-state index in [1.165, 1.54) is 31.4 Å². The van der Waals surface area contributed by atoms with E-state index in [9.17, 15) is 9.59 Å². The third kappa shape index (κ3) is 4.10. The lowest BCUT2D eigenvalue weighted by Gasteiger charge is -2.33. The van der Waals surface area contributed by atoms with E-state index in [1.807, 2.05) is 12.1 Å². The molecule has 2 atom stereocenters. The zero-order valence-corrected chi connectivity index (χ0v) is 13.7.